The van der Waals surface area contributed by atoms with Crippen LogP contribution in [0.1, 0.15) is 0 Å². The van der Waals surface area contributed by atoms with E-state index in [1.165, 1.54) is 13.2 Å². The molecule has 0 fully saturated rings. The maximum Gasteiger partial charge on any atom is 0.290 e. The van der Waals surface area contributed by atoms with E-state index in [4.69, 9.17) is 13.9 Å². The molecule has 0 radical (unpaired) electrons. The number of hydrogen-bond donors (Lipinski definition) is 0. The van der Waals surface area contributed by atoms with Crippen LogP contribution in [0.15, 0.2) is 39.5 Å². The Balaban J connectivity index is 2.48. The molecule has 0 N–H and O–H groups in total. The highest BCUT2D eigenvalue weighted by atomic mass is 16.7. The Morgan fingerprint density at radius 3 is 2.93 bits per heavy atom. The second-order valence-corrected chi connectivity index (χ2v) is 2.98. The zero-order chi connectivity index (χ0) is 10.7. The van der Waals surface area contributed by atoms with Gasteiger partial charge in [0, 0.05) is 7.11 Å². The van der Waals surface area contributed by atoms with Gasteiger partial charge < -0.3 is 13.9 Å². The topological polar surface area (TPSA) is 48.7 Å². The lowest BCUT2D eigenvalue weighted by molar-refractivity contribution is 0.0345. The lowest BCUT2D eigenvalue weighted by Crippen LogP contribution is -2.04. The molecule has 4 heteroatoms. The van der Waals surface area contributed by atoms with E-state index in [1.807, 2.05) is 0 Å². The number of benzene rings is 1. The maximum absolute atomic E-state index is 11.6. The smallest absolute Gasteiger partial charge is 0.290 e. The Bertz CT molecular complexity index is 515. The van der Waals surface area contributed by atoms with E-state index in [1.54, 1.807) is 24.3 Å². The monoisotopic (exact) mass is 206 g/mol. The van der Waals surface area contributed by atoms with E-state index in [2.05, 4.69) is 0 Å². The van der Waals surface area contributed by atoms with Gasteiger partial charge in [0.25, 0.3) is 5.95 Å². The van der Waals surface area contributed by atoms with Gasteiger partial charge in [-0.15, -0.1) is 0 Å². The van der Waals surface area contributed by atoms with Crippen LogP contribution in [0.2, 0.25) is 0 Å². The highest BCUT2D eigenvalue weighted by Gasteiger charge is 2.03. The van der Waals surface area contributed by atoms with Crippen LogP contribution in [0.5, 0.6) is 5.95 Å². The summed E-state index contributed by atoms with van der Waals surface area (Å²) in [6.45, 7) is 0.0568. The fraction of sp³-hybridized carbons (Fsp3) is 0.182. The lowest BCUT2D eigenvalue weighted by Gasteiger charge is -2.03. The third-order valence-corrected chi connectivity index (χ3v) is 1.93. The molecule has 15 heavy (non-hydrogen) atoms. The number of rotatable bonds is 3. The molecule has 0 unspecified atom stereocenters. The summed E-state index contributed by atoms with van der Waals surface area (Å²) in [6.07, 6.45) is 0. The quantitative estimate of drug-likeness (QED) is 0.718. The summed E-state index contributed by atoms with van der Waals surface area (Å²) in [5.74, 6) is 0.167. The molecular formula is C11H10O4. The maximum atomic E-state index is 11.6. The van der Waals surface area contributed by atoms with Crippen LogP contribution in [0.25, 0.3) is 11.0 Å². The summed E-state index contributed by atoms with van der Waals surface area (Å²) >= 11 is 0. The highest BCUT2D eigenvalue weighted by molar-refractivity contribution is 5.76. The van der Waals surface area contributed by atoms with Crippen LogP contribution in [0.4, 0.5) is 0 Å². The molecule has 4 nitrogen and oxygen atoms in total. The molecule has 0 amide bonds. The fourth-order valence-corrected chi connectivity index (χ4v) is 1.27. The van der Waals surface area contributed by atoms with Gasteiger partial charge >= 0.3 is 0 Å². The zero-order valence-electron chi connectivity index (χ0n) is 8.23. The predicted octanol–water partition coefficient (Wildman–Crippen LogP) is 1.78. The Labute approximate surface area is 86.0 Å². The molecule has 78 valence electrons. The Morgan fingerprint density at radius 2 is 2.13 bits per heavy atom. The van der Waals surface area contributed by atoms with E-state index in [0.29, 0.717) is 11.0 Å². The van der Waals surface area contributed by atoms with Crippen molar-refractivity contribution in [1.82, 2.24) is 0 Å². The van der Waals surface area contributed by atoms with Crippen molar-refractivity contribution in [2.24, 2.45) is 0 Å². The largest absolute Gasteiger partial charge is 0.438 e. The number of hydrogen-bond acceptors (Lipinski definition) is 4. The second-order valence-electron chi connectivity index (χ2n) is 2.98. The van der Waals surface area contributed by atoms with Crippen molar-refractivity contribution in [3.8, 4) is 5.95 Å². The average Bonchev–Trinajstić information content (AvgIpc) is 2.26. The van der Waals surface area contributed by atoms with Gasteiger partial charge in [0.2, 0.25) is 0 Å². The standard InChI is InChI=1S/C11H10O4/c1-13-7-14-11-6-9(12)8-4-2-3-5-10(8)15-11/h2-6H,7H2,1H3. The summed E-state index contributed by atoms with van der Waals surface area (Å²) in [5.41, 5.74) is 0.388. The van der Waals surface area contributed by atoms with Gasteiger partial charge in [-0.2, -0.15) is 0 Å². The Morgan fingerprint density at radius 1 is 1.33 bits per heavy atom. The average molecular weight is 206 g/mol. The van der Waals surface area contributed by atoms with E-state index >= 15 is 0 Å². The molecule has 0 bridgehead atoms. The SMILES string of the molecule is COCOc1cc(=O)c2ccccc2o1. The third kappa shape index (κ3) is 1.99. The van der Waals surface area contributed by atoms with Crippen LogP contribution in [-0.4, -0.2) is 13.9 Å². The van der Waals surface area contributed by atoms with Crippen molar-refractivity contribution in [2.45, 2.75) is 0 Å². The number of methoxy groups -OCH3 is 1. The Hall–Kier alpha value is -1.81. The normalized spacial score (nSPS) is 10.5. The molecule has 1 aromatic carbocycles. The molecule has 0 aliphatic carbocycles. The van der Waals surface area contributed by atoms with Crippen molar-refractivity contribution in [1.29, 1.82) is 0 Å². The summed E-state index contributed by atoms with van der Waals surface area (Å²) in [6, 6.07) is 8.32. The summed E-state index contributed by atoms with van der Waals surface area (Å²) < 4.78 is 15.1. The highest BCUT2D eigenvalue weighted by Crippen LogP contribution is 2.16. The fourth-order valence-electron chi connectivity index (χ4n) is 1.27. The lowest BCUT2D eigenvalue weighted by atomic mass is 10.2. The van der Waals surface area contributed by atoms with Crippen LogP contribution in [0, 0.1) is 0 Å². The zero-order valence-corrected chi connectivity index (χ0v) is 8.23. The third-order valence-electron chi connectivity index (χ3n) is 1.93. The molecule has 2 aromatic rings. The first-order valence-corrected chi connectivity index (χ1v) is 4.46. The van der Waals surface area contributed by atoms with Crippen LogP contribution in [-0.2, 0) is 4.74 Å². The van der Waals surface area contributed by atoms with Crippen LogP contribution in [0.3, 0.4) is 0 Å². The van der Waals surface area contributed by atoms with Crippen molar-refractivity contribution in [2.75, 3.05) is 13.9 Å². The van der Waals surface area contributed by atoms with Crippen molar-refractivity contribution < 1.29 is 13.9 Å². The number of para-hydroxylation sites is 1. The molecule has 0 spiro atoms. The number of fused-ring (bicyclic) bond motifs is 1. The number of ether oxygens (including phenoxy) is 2. The minimum absolute atomic E-state index is 0.0568. The summed E-state index contributed by atoms with van der Waals surface area (Å²) in [5, 5.41) is 0.544. The molecule has 1 heterocycles. The minimum atomic E-state index is -0.122. The molecule has 0 atom stereocenters. The van der Waals surface area contributed by atoms with E-state index < -0.39 is 0 Å². The summed E-state index contributed by atoms with van der Waals surface area (Å²) in [4.78, 5) is 11.6. The second kappa shape index (κ2) is 4.14. The van der Waals surface area contributed by atoms with E-state index in [-0.39, 0.29) is 18.2 Å². The van der Waals surface area contributed by atoms with E-state index in [9.17, 15) is 4.79 Å². The molecule has 2 rings (SSSR count). The van der Waals surface area contributed by atoms with Crippen molar-refractivity contribution in [3.63, 3.8) is 0 Å². The summed E-state index contributed by atoms with van der Waals surface area (Å²) in [7, 11) is 1.50. The van der Waals surface area contributed by atoms with Gasteiger partial charge in [0.1, 0.15) is 5.58 Å². The molecule has 0 saturated heterocycles. The molecule has 0 aliphatic heterocycles. The van der Waals surface area contributed by atoms with Crippen molar-refractivity contribution >= 4 is 11.0 Å². The minimum Gasteiger partial charge on any atom is -0.438 e. The molecular weight excluding hydrogens is 196 g/mol. The van der Waals surface area contributed by atoms with Gasteiger partial charge in [0.15, 0.2) is 12.2 Å². The first-order valence-electron chi connectivity index (χ1n) is 4.46. The first kappa shape index (κ1) is 9.73. The molecule has 0 saturated carbocycles. The molecule has 0 aliphatic rings. The van der Waals surface area contributed by atoms with Gasteiger partial charge in [-0.1, -0.05) is 12.1 Å². The van der Waals surface area contributed by atoms with Gasteiger partial charge in [-0.25, -0.2) is 0 Å². The Kier molecular flexibility index (Phi) is 2.69. The van der Waals surface area contributed by atoms with Gasteiger partial charge in [-0.05, 0) is 12.1 Å². The van der Waals surface area contributed by atoms with Crippen LogP contribution >= 0.6 is 0 Å². The van der Waals surface area contributed by atoms with Gasteiger partial charge in [-0.3, -0.25) is 4.79 Å². The van der Waals surface area contributed by atoms with E-state index in [0.717, 1.165) is 0 Å². The van der Waals surface area contributed by atoms with Gasteiger partial charge in [0.05, 0.1) is 11.5 Å². The van der Waals surface area contributed by atoms with Crippen LogP contribution < -0.4 is 10.2 Å². The molecule has 1 aromatic heterocycles. The predicted molar refractivity (Wildman–Crippen MR) is 55.0 cm³/mol. The van der Waals surface area contributed by atoms with Crippen molar-refractivity contribution in [3.05, 3.63) is 40.6 Å². The first-order chi connectivity index (χ1) is 7.31.